The van der Waals surface area contributed by atoms with E-state index in [9.17, 15) is 0 Å². The van der Waals surface area contributed by atoms with E-state index >= 15 is 0 Å². The van der Waals surface area contributed by atoms with Gasteiger partial charge in [0.15, 0.2) is 0 Å². The van der Waals surface area contributed by atoms with Crippen LogP contribution in [0.2, 0.25) is 5.02 Å². The van der Waals surface area contributed by atoms with Crippen LogP contribution in [0.4, 0.5) is 0 Å². The van der Waals surface area contributed by atoms with Crippen LogP contribution in [0.3, 0.4) is 0 Å². The molecule has 0 unspecified atom stereocenters. The van der Waals surface area contributed by atoms with Gasteiger partial charge in [0.1, 0.15) is 11.9 Å². The van der Waals surface area contributed by atoms with Gasteiger partial charge in [-0.25, -0.2) is 0 Å². The molecule has 1 aliphatic rings. The van der Waals surface area contributed by atoms with Gasteiger partial charge in [0.25, 0.3) is 0 Å². The molecule has 0 bridgehead atoms. The molecule has 2 aromatic carbocycles. The van der Waals surface area contributed by atoms with Crippen LogP contribution in [-0.2, 0) is 0 Å². The number of halogens is 1. The Morgan fingerprint density at radius 2 is 1.89 bits per heavy atom. The molecule has 0 saturated carbocycles. The highest BCUT2D eigenvalue weighted by molar-refractivity contribution is 6.31. The number of benzene rings is 2. The monoisotopic (exact) mass is 256 g/mol. The molecule has 0 amide bonds. The Kier molecular flexibility index (Phi) is 2.85. The summed E-state index contributed by atoms with van der Waals surface area (Å²) in [7, 11) is 0. The average molecular weight is 257 g/mol. The minimum Gasteiger partial charge on any atom is -0.481 e. The molecule has 0 aromatic heterocycles. The van der Waals surface area contributed by atoms with Crippen LogP contribution in [0.1, 0.15) is 22.8 Å². The van der Waals surface area contributed by atoms with Gasteiger partial charge in [-0.1, -0.05) is 48.0 Å². The van der Waals surface area contributed by atoms with E-state index in [-0.39, 0.29) is 6.10 Å². The van der Waals surface area contributed by atoms with Crippen molar-refractivity contribution >= 4 is 17.7 Å². The van der Waals surface area contributed by atoms with E-state index in [4.69, 9.17) is 16.3 Å². The summed E-state index contributed by atoms with van der Waals surface area (Å²) in [5, 5.41) is 0.778. The molecule has 0 aliphatic carbocycles. The van der Waals surface area contributed by atoms with E-state index in [1.54, 1.807) is 0 Å². The van der Waals surface area contributed by atoms with Gasteiger partial charge >= 0.3 is 0 Å². The zero-order chi connectivity index (χ0) is 12.5. The van der Waals surface area contributed by atoms with Crippen molar-refractivity contribution in [1.29, 1.82) is 0 Å². The fourth-order valence-corrected chi connectivity index (χ4v) is 2.26. The smallest absolute Gasteiger partial charge is 0.142 e. The first-order chi connectivity index (χ1) is 8.74. The number of hydrogen-bond donors (Lipinski definition) is 0. The standard InChI is InChI=1S/C16H13ClO/c1-11-9-16-13(10-14(11)17)7-8-15(18-16)12-5-3-2-4-6-12/h2-10,15H,1H3/t15-/m1/s1. The quantitative estimate of drug-likeness (QED) is 0.712. The molecular weight excluding hydrogens is 244 g/mol. The minimum absolute atomic E-state index is 0.0146. The summed E-state index contributed by atoms with van der Waals surface area (Å²) in [5.41, 5.74) is 3.24. The molecule has 2 aromatic rings. The molecule has 1 heterocycles. The highest BCUT2D eigenvalue weighted by atomic mass is 35.5. The predicted molar refractivity (Wildman–Crippen MR) is 75.0 cm³/mol. The lowest BCUT2D eigenvalue weighted by Crippen LogP contribution is -2.08. The summed E-state index contributed by atoms with van der Waals surface area (Å²) in [6, 6.07) is 14.1. The summed E-state index contributed by atoms with van der Waals surface area (Å²) in [6.45, 7) is 1.99. The Balaban J connectivity index is 1.97. The Morgan fingerprint density at radius 3 is 2.67 bits per heavy atom. The largest absolute Gasteiger partial charge is 0.481 e. The van der Waals surface area contributed by atoms with E-state index in [1.807, 2.05) is 37.3 Å². The SMILES string of the molecule is Cc1cc2c(cc1Cl)C=C[C@H](c1ccccc1)O2. The third-order valence-electron chi connectivity index (χ3n) is 3.12. The molecule has 0 saturated heterocycles. The molecule has 0 radical (unpaired) electrons. The van der Waals surface area contributed by atoms with Crippen LogP contribution in [-0.4, -0.2) is 0 Å². The summed E-state index contributed by atoms with van der Waals surface area (Å²) in [4.78, 5) is 0. The van der Waals surface area contributed by atoms with Crippen LogP contribution >= 0.6 is 11.6 Å². The summed E-state index contributed by atoms with van der Waals surface area (Å²) < 4.78 is 6.01. The lowest BCUT2D eigenvalue weighted by atomic mass is 10.0. The lowest BCUT2D eigenvalue weighted by molar-refractivity contribution is 0.251. The van der Waals surface area contributed by atoms with E-state index in [1.165, 1.54) is 0 Å². The topological polar surface area (TPSA) is 9.23 Å². The van der Waals surface area contributed by atoms with Crippen molar-refractivity contribution in [2.45, 2.75) is 13.0 Å². The summed E-state index contributed by atoms with van der Waals surface area (Å²) in [5.74, 6) is 0.897. The molecule has 90 valence electrons. The second kappa shape index (κ2) is 4.51. The molecule has 0 spiro atoms. The van der Waals surface area contributed by atoms with Crippen LogP contribution < -0.4 is 4.74 Å². The predicted octanol–water partition coefficient (Wildman–Crippen LogP) is 4.80. The first-order valence-electron chi connectivity index (χ1n) is 5.94. The van der Waals surface area contributed by atoms with Crippen molar-refractivity contribution in [3.8, 4) is 5.75 Å². The average Bonchev–Trinajstić information content (AvgIpc) is 2.41. The van der Waals surface area contributed by atoms with Crippen LogP contribution in [0.5, 0.6) is 5.75 Å². The van der Waals surface area contributed by atoms with Crippen molar-refractivity contribution in [2.75, 3.05) is 0 Å². The maximum Gasteiger partial charge on any atom is 0.142 e. The van der Waals surface area contributed by atoms with Gasteiger partial charge in [-0.2, -0.15) is 0 Å². The van der Waals surface area contributed by atoms with E-state index in [0.29, 0.717) is 0 Å². The number of fused-ring (bicyclic) bond motifs is 1. The molecule has 2 heteroatoms. The van der Waals surface area contributed by atoms with Gasteiger partial charge in [0.05, 0.1) is 0 Å². The Hall–Kier alpha value is -1.73. The molecule has 1 aliphatic heterocycles. The molecule has 1 nitrogen and oxygen atoms in total. The van der Waals surface area contributed by atoms with E-state index < -0.39 is 0 Å². The first kappa shape index (κ1) is 11.4. The number of hydrogen-bond acceptors (Lipinski definition) is 1. The molecule has 0 N–H and O–H groups in total. The van der Waals surface area contributed by atoms with Gasteiger partial charge in [0, 0.05) is 10.6 Å². The minimum atomic E-state index is -0.0146. The lowest BCUT2D eigenvalue weighted by Gasteiger charge is -2.22. The molecule has 1 atom stereocenters. The van der Waals surface area contributed by atoms with E-state index in [0.717, 1.165) is 27.5 Å². The van der Waals surface area contributed by atoms with Gasteiger partial charge in [-0.05, 0) is 36.3 Å². The Bertz CT molecular complexity index is 602. The molecule has 3 rings (SSSR count). The van der Waals surface area contributed by atoms with Crippen LogP contribution in [0, 0.1) is 6.92 Å². The first-order valence-corrected chi connectivity index (χ1v) is 6.32. The van der Waals surface area contributed by atoms with Crippen molar-refractivity contribution in [1.82, 2.24) is 0 Å². The number of ether oxygens (including phenoxy) is 1. The molecular formula is C16H13ClO. The van der Waals surface area contributed by atoms with Gasteiger partial charge in [-0.3, -0.25) is 0 Å². The summed E-state index contributed by atoms with van der Waals surface area (Å²) in [6.07, 6.45) is 4.12. The highest BCUT2D eigenvalue weighted by Gasteiger charge is 2.17. The fourth-order valence-electron chi connectivity index (χ4n) is 2.09. The van der Waals surface area contributed by atoms with Crippen LogP contribution in [0.15, 0.2) is 48.5 Å². The molecule has 18 heavy (non-hydrogen) atoms. The van der Waals surface area contributed by atoms with Crippen molar-refractivity contribution < 1.29 is 4.74 Å². The highest BCUT2D eigenvalue weighted by Crippen LogP contribution is 2.35. The van der Waals surface area contributed by atoms with Gasteiger partial charge < -0.3 is 4.74 Å². The normalized spacial score (nSPS) is 17.1. The molecule has 0 fully saturated rings. The second-order valence-corrected chi connectivity index (χ2v) is 4.85. The van der Waals surface area contributed by atoms with Crippen LogP contribution in [0.25, 0.3) is 6.08 Å². The van der Waals surface area contributed by atoms with Crippen molar-refractivity contribution in [2.24, 2.45) is 0 Å². The maximum absolute atomic E-state index is 6.11. The van der Waals surface area contributed by atoms with Gasteiger partial charge in [0.2, 0.25) is 0 Å². The number of rotatable bonds is 1. The fraction of sp³-hybridized carbons (Fsp3) is 0.125. The third-order valence-corrected chi connectivity index (χ3v) is 3.53. The second-order valence-electron chi connectivity index (χ2n) is 4.45. The zero-order valence-corrected chi connectivity index (χ0v) is 10.8. The van der Waals surface area contributed by atoms with Gasteiger partial charge in [-0.15, -0.1) is 0 Å². The zero-order valence-electron chi connectivity index (χ0n) is 10.1. The van der Waals surface area contributed by atoms with Crippen molar-refractivity contribution in [3.05, 3.63) is 70.3 Å². The summed E-state index contributed by atoms with van der Waals surface area (Å²) >= 11 is 6.11. The van der Waals surface area contributed by atoms with E-state index in [2.05, 4.69) is 24.3 Å². The maximum atomic E-state index is 6.11. The Morgan fingerprint density at radius 1 is 1.11 bits per heavy atom. The number of aryl methyl sites for hydroxylation is 1. The Labute approximate surface area is 112 Å². The third kappa shape index (κ3) is 2.02. The van der Waals surface area contributed by atoms with Crippen molar-refractivity contribution in [3.63, 3.8) is 0 Å².